The van der Waals surface area contributed by atoms with Crippen molar-refractivity contribution in [1.29, 1.82) is 0 Å². The Morgan fingerprint density at radius 3 is 2.43 bits per heavy atom. The summed E-state index contributed by atoms with van der Waals surface area (Å²) in [6, 6.07) is 12.4. The van der Waals surface area contributed by atoms with Gasteiger partial charge in [0.25, 0.3) is 0 Å². The van der Waals surface area contributed by atoms with Crippen molar-refractivity contribution in [3.05, 3.63) is 64.5 Å². The van der Waals surface area contributed by atoms with Crippen molar-refractivity contribution < 1.29 is 4.79 Å². The maximum Gasteiger partial charge on any atom is 0.234 e. The van der Waals surface area contributed by atoms with E-state index in [0.29, 0.717) is 6.54 Å². The smallest absolute Gasteiger partial charge is 0.234 e. The predicted octanol–water partition coefficient (Wildman–Crippen LogP) is 4.87. The van der Waals surface area contributed by atoms with Gasteiger partial charge in [-0.05, 0) is 63.4 Å². The van der Waals surface area contributed by atoms with Crippen LogP contribution in [-0.4, -0.2) is 26.4 Å². The van der Waals surface area contributed by atoms with Crippen LogP contribution in [0.2, 0.25) is 0 Å². The maximum atomic E-state index is 12.4. The van der Waals surface area contributed by atoms with Gasteiger partial charge in [-0.15, -0.1) is 10.2 Å². The molecule has 0 unspecified atom stereocenters. The van der Waals surface area contributed by atoms with Gasteiger partial charge in [-0.1, -0.05) is 41.6 Å². The van der Waals surface area contributed by atoms with Gasteiger partial charge in [0.15, 0.2) is 11.0 Å². The van der Waals surface area contributed by atoms with Gasteiger partial charge in [0.1, 0.15) is 0 Å². The lowest BCUT2D eigenvalue weighted by molar-refractivity contribution is -0.113. The highest BCUT2D eigenvalue weighted by Gasteiger charge is 2.14. The number of hydrogen-bond acceptors (Lipinski definition) is 5. The third-order valence-electron chi connectivity index (χ3n) is 4.93. The minimum absolute atomic E-state index is 0.0469. The predicted molar refractivity (Wildman–Crippen MR) is 124 cm³/mol. The Bertz CT molecular complexity index is 1040. The molecule has 3 aromatic rings. The molecule has 0 aliphatic carbocycles. The van der Waals surface area contributed by atoms with Crippen LogP contribution >= 0.6 is 11.8 Å². The van der Waals surface area contributed by atoms with Gasteiger partial charge < -0.3 is 15.2 Å². The van der Waals surface area contributed by atoms with Crippen LogP contribution < -0.4 is 10.6 Å². The first-order valence-corrected chi connectivity index (χ1v) is 11.1. The zero-order valence-electron chi connectivity index (χ0n) is 18.2. The third-order valence-corrected chi connectivity index (χ3v) is 5.89. The summed E-state index contributed by atoms with van der Waals surface area (Å²) in [6.45, 7) is 11.6. The molecule has 3 rings (SSSR count). The van der Waals surface area contributed by atoms with E-state index in [1.54, 1.807) is 0 Å². The van der Waals surface area contributed by atoms with E-state index in [2.05, 4.69) is 59.8 Å². The van der Waals surface area contributed by atoms with Gasteiger partial charge in [0, 0.05) is 17.9 Å². The molecule has 2 N–H and O–H groups in total. The average Bonchev–Trinajstić information content (AvgIpc) is 3.10. The number of aromatic nitrogens is 3. The van der Waals surface area contributed by atoms with Crippen molar-refractivity contribution in [3.8, 4) is 0 Å². The maximum absolute atomic E-state index is 12.4. The molecule has 1 heterocycles. The van der Waals surface area contributed by atoms with E-state index in [-0.39, 0.29) is 11.7 Å². The van der Waals surface area contributed by atoms with Crippen LogP contribution in [0.4, 0.5) is 11.4 Å². The topological polar surface area (TPSA) is 71.8 Å². The van der Waals surface area contributed by atoms with Crippen LogP contribution in [0.15, 0.2) is 41.6 Å². The Kier molecular flexibility index (Phi) is 7.15. The number of carbonyl (C=O) groups is 1. The third kappa shape index (κ3) is 5.42. The number of rotatable bonds is 8. The van der Waals surface area contributed by atoms with Crippen molar-refractivity contribution in [2.24, 2.45) is 0 Å². The van der Waals surface area contributed by atoms with Crippen LogP contribution in [-0.2, 0) is 17.9 Å². The molecular weight excluding hydrogens is 394 g/mol. The van der Waals surface area contributed by atoms with Crippen LogP contribution in [0.5, 0.6) is 0 Å². The number of amides is 1. The van der Waals surface area contributed by atoms with Gasteiger partial charge in [0.05, 0.1) is 12.3 Å². The second-order valence-corrected chi connectivity index (χ2v) is 8.41. The molecule has 7 heteroatoms. The highest BCUT2D eigenvalue weighted by atomic mass is 32.2. The molecule has 0 radical (unpaired) electrons. The minimum atomic E-state index is -0.0469. The average molecular weight is 424 g/mol. The van der Waals surface area contributed by atoms with Gasteiger partial charge >= 0.3 is 0 Å². The van der Waals surface area contributed by atoms with E-state index >= 15 is 0 Å². The van der Waals surface area contributed by atoms with Crippen molar-refractivity contribution >= 4 is 29.0 Å². The number of nitrogens with one attached hydrogen (secondary N) is 2. The number of nitrogens with zero attached hydrogens (tertiary/aromatic N) is 3. The lowest BCUT2D eigenvalue weighted by Gasteiger charge is -2.12. The quantitative estimate of drug-likeness (QED) is 0.506. The zero-order valence-corrected chi connectivity index (χ0v) is 19.1. The summed E-state index contributed by atoms with van der Waals surface area (Å²) in [4.78, 5) is 12.4. The fraction of sp³-hybridized carbons (Fsp3) is 0.348. The molecule has 1 aromatic heterocycles. The first-order chi connectivity index (χ1) is 14.4. The van der Waals surface area contributed by atoms with Gasteiger partial charge in [-0.3, -0.25) is 4.79 Å². The molecule has 0 aliphatic rings. The van der Waals surface area contributed by atoms with Crippen molar-refractivity contribution in [3.63, 3.8) is 0 Å². The summed E-state index contributed by atoms with van der Waals surface area (Å²) < 4.78 is 2.05. The Hall–Kier alpha value is -2.80. The van der Waals surface area contributed by atoms with Crippen LogP contribution in [0, 0.1) is 27.7 Å². The summed E-state index contributed by atoms with van der Waals surface area (Å²) in [5, 5.41) is 15.8. The summed E-state index contributed by atoms with van der Waals surface area (Å²) in [5.41, 5.74) is 6.57. The Morgan fingerprint density at radius 2 is 1.70 bits per heavy atom. The van der Waals surface area contributed by atoms with Crippen molar-refractivity contribution in [2.45, 2.75) is 52.9 Å². The largest absolute Gasteiger partial charge is 0.378 e. The van der Waals surface area contributed by atoms with Gasteiger partial charge in [0.2, 0.25) is 5.91 Å². The molecule has 0 spiro atoms. The van der Waals surface area contributed by atoms with E-state index in [1.165, 1.54) is 22.9 Å². The fourth-order valence-corrected chi connectivity index (χ4v) is 4.07. The van der Waals surface area contributed by atoms with Crippen molar-refractivity contribution in [1.82, 2.24) is 14.8 Å². The minimum Gasteiger partial charge on any atom is -0.378 e. The summed E-state index contributed by atoms with van der Waals surface area (Å²) >= 11 is 1.41. The van der Waals surface area contributed by atoms with E-state index < -0.39 is 0 Å². The Morgan fingerprint density at radius 1 is 0.967 bits per heavy atom. The number of benzene rings is 2. The molecule has 0 fully saturated rings. The lowest BCUT2D eigenvalue weighted by Crippen LogP contribution is -2.16. The first kappa shape index (κ1) is 21.9. The number of hydrogen-bond donors (Lipinski definition) is 2. The molecule has 2 aromatic carbocycles. The highest BCUT2D eigenvalue weighted by molar-refractivity contribution is 7.99. The van der Waals surface area contributed by atoms with Crippen LogP contribution in [0.3, 0.4) is 0 Å². The number of anilines is 2. The number of thioether (sulfide) groups is 1. The Labute approximate surface area is 182 Å². The summed E-state index contributed by atoms with van der Waals surface area (Å²) in [5.74, 6) is 1.10. The monoisotopic (exact) mass is 423 g/mol. The van der Waals surface area contributed by atoms with E-state index in [0.717, 1.165) is 40.0 Å². The van der Waals surface area contributed by atoms with Crippen molar-refractivity contribution in [2.75, 3.05) is 16.4 Å². The Balaban J connectivity index is 1.61. The normalized spacial score (nSPS) is 10.8. The van der Waals surface area contributed by atoms with Crippen LogP contribution in [0.25, 0.3) is 0 Å². The van der Waals surface area contributed by atoms with Crippen LogP contribution in [0.1, 0.15) is 35.0 Å². The zero-order chi connectivity index (χ0) is 21.7. The first-order valence-electron chi connectivity index (χ1n) is 10.1. The lowest BCUT2D eigenvalue weighted by atomic mass is 10.1. The molecule has 0 saturated carbocycles. The molecule has 0 atom stereocenters. The van der Waals surface area contributed by atoms with E-state index in [4.69, 9.17) is 0 Å². The second kappa shape index (κ2) is 9.80. The van der Waals surface area contributed by atoms with Gasteiger partial charge in [-0.25, -0.2) is 0 Å². The molecule has 0 saturated heterocycles. The SMILES string of the molecule is CCn1c(CNc2ccc(C)cc2C)nnc1SCC(=O)Nc1cc(C)ccc1C. The summed E-state index contributed by atoms with van der Waals surface area (Å²) in [7, 11) is 0. The number of carbonyl (C=O) groups excluding carboxylic acids is 1. The molecule has 6 nitrogen and oxygen atoms in total. The summed E-state index contributed by atoms with van der Waals surface area (Å²) in [6.07, 6.45) is 0. The van der Waals surface area contributed by atoms with Gasteiger partial charge in [-0.2, -0.15) is 0 Å². The molecule has 0 aliphatic heterocycles. The number of aryl methyl sites for hydroxylation is 4. The fourth-order valence-electron chi connectivity index (χ4n) is 3.25. The molecule has 1 amide bonds. The second-order valence-electron chi connectivity index (χ2n) is 7.47. The molecule has 30 heavy (non-hydrogen) atoms. The van der Waals surface area contributed by atoms with E-state index in [9.17, 15) is 4.79 Å². The molecule has 0 bridgehead atoms. The molecule has 158 valence electrons. The molecular formula is C23H29N5OS. The highest BCUT2D eigenvalue weighted by Crippen LogP contribution is 2.21. The van der Waals surface area contributed by atoms with E-state index in [1.807, 2.05) is 36.6 Å². The standard InChI is InChI=1S/C23H29N5OS/c1-6-28-21(13-24-19-10-8-15(2)11-18(19)5)26-27-23(28)30-14-22(29)25-20-12-16(3)7-9-17(20)4/h7-12,24H,6,13-14H2,1-5H3,(H,25,29).